The summed E-state index contributed by atoms with van der Waals surface area (Å²) in [4.78, 5) is 15.5. The molecule has 2 aromatic rings. The van der Waals surface area contributed by atoms with Crippen LogP contribution in [0.3, 0.4) is 0 Å². The monoisotopic (exact) mass is 290 g/mol. The van der Waals surface area contributed by atoms with E-state index in [9.17, 15) is 4.79 Å². The third-order valence-electron chi connectivity index (χ3n) is 3.01. The maximum absolute atomic E-state index is 11.5. The van der Waals surface area contributed by atoms with E-state index >= 15 is 0 Å². The molecule has 0 bridgehead atoms. The highest BCUT2D eigenvalue weighted by atomic mass is 16.5. The summed E-state index contributed by atoms with van der Waals surface area (Å²) in [6.45, 7) is 2.90. The molecule has 6 nitrogen and oxygen atoms in total. The largest absolute Gasteiger partial charge is 0.481 e. The summed E-state index contributed by atoms with van der Waals surface area (Å²) in [5.41, 5.74) is 1.51. The molecule has 2 aromatic heterocycles. The molecule has 0 saturated carbocycles. The first kappa shape index (κ1) is 15.1. The second kappa shape index (κ2) is 6.90. The number of ether oxygens (including phenoxy) is 2. The Morgan fingerprint density at radius 1 is 1.33 bits per heavy atom. The molecule has 2 rings (SSSR count). The highest BCUT2D eigenvalue weighted by molar-refractivity contribution is 5.90. The van der Waals surface area contributed by atoms with Gasteiger partial charge in [0.05, 0.1) is 20.8 Å². The van der Waals surface area contributed by atoms with E-state index < -0.39 is 0 Å². The second-order valence-corrected chi connectivity index (χ2v) is 4.48. The van der Waals surface area contributed by atoms with Crippen LogP contribution in [-0.2, 0) is 17.8 Å². The van der Waals surface area contributed by atoms with Crippen LogP contribution in [0.5, 0.6) is 5.88 Å². The van der Waals surface area contributed by atoms with Gasteiger partial charge in [0.15, 0.2) is 0 Å². The molecule has 112 valence electrons. The summed E-state index contributed by atoms with van der Waals surface area (Å²) in [5.74, 6) is 1.44. The van der Waals surface area contributed by atoms with E-state index in [-0.39, 0.29) is 5.97 Å². The average Bonchev–Trinajstić information content (AvgIpc) is 2.87. The zero-order chi connectivity index (χ0) is 15.2. The zero-order valence-corrected chi connectivity index (χ0v) is 12.3. The van der Waals surface area contributed by atoms with E-state index in [0.717, 1.165) is 5.56 Å². The molecule has 0 aliphatic rings. The lowest BCUT2D eigenvalue weighted by atomic mass is 10.2. The Kier molecular flexibility index (Phi) is 4.94. The number of aryl methyl sites for hydroxylation is 1. The summed E-state index contributed by atoms with van der Waals surface area (Å²) < 4.78 is 15.3. The Balaban J connectivity index is 1.93. The van der Waals surface area contributed by atoms with Gasteiger partial charge >= 0.3 is 5.97 Å². The van der Waals surface area contributed by atoms with Crippen molar-refractivity contribution in [2.45, 2.75) is 20.0 Å². The summed E-state index contributed by atoms with van der Waals surface area (Å²) in [6.07, 6.45) is 1.70. The molecule has 0 amide bonds. The SMILES string of the molecule is COC(=O)c1cc(CNCc2ccnc(OC)c2)oc1C. The van der Waals surface area contributed by atoms with E-state index in [0.29, 0.717) is 36.1 Å². The number of hydrogen-bond acceptors (Lipinski definition) is 6. The van der Waals surface area contributed by atoms with Crippen molar-refractivity contribution in [2.75, 3.05) is 14.2 Å². The van der Waals surface area contributed by atoms with Gasteiger partial charge in [-0.15, -0.1) is 0 Å². The fourth-order valence-corrected chi connectivity index (χ4v) is 1.95. The van der Waals surface area contributed by atoms with Crippen molar-refractivity contribution in [3.63, 3.8) is 0 Å². The molecule has 0 unspecified atom stereocenters. The van der Waals surface area contributed by atoms with E-state index in [1.54, 1.807) is 26.3 Å². The van der Waals surface area contributed by atoms with Crippen LogP contribution in [0.15, 0.2) is 28.8 Å². The lowest BCUT2D eigenvalue weighted by Crippen LogP contribution is -2.12. The van der Waals surface area contributed by atoms with Crippen molar-refractivity contribution < 1.29 is 18.7 Å². The van der Waals surface area contributed by atoms with Crippen molar-refractivity contribution in [2.24, 2.45) is 0 Å². The molecule has 0 aliphatic carbocycles. The Morgan fingerprint density at radius 2 is 2.14 bits per heavy atom. The molecule has 1 N–H and O–H groups in total. The Hall–Kier alpha value is -2.34. The first-order valence-electron chi connectivity index (χ1n) is 6.51. The molecule has 0 radical (unpaired) electrons. The van der Waals surface area contributed by atoms with Crippen LogP contribution < -0.4 is 10.1 Å². The van der Waals surface area contributed by atoms with Gasteiger partial charge < -0.3 is 19.2 Å². The number of methoxy groups -OCH3 is 2. The third-order valence-corrected chi connectivity index (χ3v) is 3.01. The number of carbonyl (C=O) groups excluding carboxylic acids is 1. The van der Waals surface area contributed by atoms with Crippen LogP contribution in [-0.4, -0.2) is 25.2 Å². The van der Waals surface area contributed by atoms with Gasteiger partial charge in [0.25, 0.3) is 0 Å². The van der Waals surface area contributed by atoms with Crippen molar-refractivity contribution in [1.29, 1.82) is 0 Å². The molecule has 0 fully saturated rings. The minimum atomic E-state index is -0.388. The van der Waals surface area contributed by atoms with Gasteiger partial charge in [-0.2, -0.15) is 0 Å². The fraction of sp³-hybridized carbons (Fsp3) is 0.333. The van der Waals surface area contributed by atoms with Crippen molar-refractivity contribution in [3.05, 3.63) is 47.0 Å². The molecular formula is C15H18N2O4. The zero-order valence-electron chi connectivity index (χ0n) is 12.3. The molecule has 2 heterocycles. The van der Waals surface area contributed by atoms with Gasteiger partial charge in [-0.05, 0) is 24.6 Å². The number of hydrogen-bond donors (Lipinski definition) is 1. The van der Waals surface area contributed by atoms with Crippen molar-refractivity contribution in [3.8, 4) is 5.88 Å². The van der Waals surface area contributed by atoms with Gasteiger partial charge in [0, 0.05) is 18.8 Å². The average molecular weight is 290 g/mol. The van der Waals surface area contributed by atoms with Crippen molar-refractivity contribution in [1.82, 2.24) is 10.3 Å². The van der Waals surface area contributed by atoms with Crippen LogP contribution in [0.4, 0.5) is 0 Å². The van der Waals surface area contributed by atoms with E-state index in [4.69, 9.17) is 9.15 Å². The predicted octanol–water partition coefficient (Wildman–Crippen LogP) is 2.07. The molecule has 0 atom stereocenters. The summed E-state index contributed by atoms with van der Waals surface area (Å²) in [6, 6.07) is 5.46. The van der Waals surface area contributed by atoms with E-state index in [2.05, 4.69) is 15.0 Å². The third kappa shape index (κ3) is 3.82. The van der Waals surface area contributed by atoms with Gasteiger partial charge in [0.2, 0.25) is 5.88 Å². The van der Waals surface area contributed by atoms with E-state index in [1.807, 2.05) is 12.1 Å². The Bertz CT molecular complexity index is 622. The molecular weight excluding hydrogens is 272 g/mol. The van der Waals surface area contributed by atoms with Gasteiger partial charge in [-0.25, -0.2) is 9.78 Å². The lowest BCUT2D eigenvalue weighted by molar-refractivity contribution is 0.0599. The first-order valence-corrected chi connectivity index (χ1v) is 6.51. The van der Waals surface area contributed by atoms with E-state index in [1.165, 1.54) is 7.11 Å². The number of furan rings is 1. The predicted molar refractivity (Wildman–Crippen MR) is 76.1 cm³/mol. The maximum atomic E-state index is 11.5. The topological polar surface area (TPSA) is 73.6 Å². The normalized spacial score (nSPS) is 10.4. The number of rotatable bonds is 6. The van der Waals surface area contributed by atoms with Crippen molar-refractivity contribution >= 4 is 5.97 Å². The minimum Gasteiger partial charge on any atom is -0.481 e. The Labute approximate surface area is 123 Å². The molecule has 6 heteroatoms. The molecule has 0 spiro atoms. The van der Waals surface area contributed by atoms with Crippen LogP contribution in [0.2, 0.25) is 0 Å². The summed E-state index contributed by atoms with van der Waals surface area (Å²) >= 11 is 0. The molecule has 0 aliphatic heterocycles. The number of aromatic nitrogens is 1. The molecule has 0 aromatic carbocycles. The van der Waals surface area contributed by atoms with Crippen LogP contribution >= 0.6 is 0 Å². The molecule has 21 heavy (non-hydrogen) atoms. The number of nitrogens with zero attached hydrogens (tertiary/aromatic N) is 1. The van der Waals surface area contributed by atoms with Crippen LogP contribution in [0.25, 0.3) is 0 Å². The van der Waals surface area contributed by atoms with Gasteiger partial charge in [-0.1, -0.05) is 0 Å². The fourth-order valence-electron chi connectivity index (χ4n) is 1.95. The second-order valence-electron chi connectivity index (χ2n) is 4.48. The lowest BCUT2D eigenvalue weighted by Gasteiger charge is -2.04. The van der Waals surface area contributed by atoms with Crippen LogP contribution in [0.1, 0.15) is 27.4 Å². The molecule has 0 saturated heterocycles. The Morgan fingerprint density at radius 3 is 2.86 bits per heavy atom. The summed E-state index contributed by atoms with van der Waals surface area (Å²) in [7, 11) is 2.93. The number of pyridine rings is 1. The van der Waals surface area contributed by atoms with Gasteiger partial charge in [-0.3, -0.25) is 0 Å². The van der Waals surface area contributed by atoms with Gasteiger partial charge in [0.1, 0.15) is 17.1 Å². The number of esters is 1. The smallest absolute Gasteiger partial charge is 0.341 e. The highest BCUT2D eigenvalue weighted by Crippen LogP contribution is 2.16. The number of carbonyl (C=O) groups is 1. The highest BCUT2D eigenvalue weighted by Gasteiger charge is 2.14. The van der Waals surface area contributed by atoms with Crippen LogP contribution in [0, 0.1) is 6.92 Å². The number of nitrogens with one attached hydrogen (secondary N) is 1. The minimum absolute atomic E-state index is 0.388. The quantitative estimate of drug-likeness (QED) is 0.821. The maximum Gasteiger partial charge on any atom is 0.341 e. The first-order chi connectivity index (χ1) is 10.1. The standard InChI is InChI=1S/C15H18N2O4/c1-10-13(15(18)20-3)7-12(21-10)9-16-8-11-4-5-17-14(6-11)19-2/h4-7,16H,8-9H2,1-3H3. The summed E-state index contributed by atoms with van der Waals surface area (Å²) in [5, 5.41) is 3.24.